The average molecular weight is 366 g/mol. The number of para-hydroxylation sites is 3. The van der Waals surface area contributed by atoms with Crippen LogP contribution in [-0.4, -0.2) is 30.5 Å². The fourth-order valence-electron chi connectivity index (χ4n) is 3.56. The van der Waals surface area contributed by atoms with E-state index in [0.29, 0.717) is 11.4 Å². The molecule has 5 nitrogen and oxygen atoms in total. The van der Waals surface area contributed by atoms with Gasteiger partial charge in [0.05, 0.1) is 11.8 Å². The van der Waals surface area contributed by atoms with Gasteiger partial charge in [0.1, 0.15) is 12.3 Å². The SMILES string of the molecule is CC(=O)N(CC(=O)N1c2ccccc2CC1C)c1ccccc1OC(C)C. The van der Waals surface area contributed by atoms with E-state index in [2.05, 4.69) is 0 Å². The first-order chi connectivity index (χ1) is 12.9. The lowest BCUT2D eigenvalue weighted by Crippen LogP contribution is -2.44. The van der Waals surface area contributed by atoms with Gasteiger partial charge in [-0.3, -0.25) is 14.5 Å². The molecule has 1 unspecified atom stereocenters. The largest absolute Gasteiger partial charge is 0.489 e. The van der Waals surface area contributed by atoms with E-state index in [1.54, 1.807) is 4.90 Å². The summed E-state index contributed by atoms with van der Waals surface area (Å²) in [5, 5.41) is 0. The molecule has 0 spiro atoms. The predicted octanol–water partition coefficient (Wildman–Crippen LogP) is 3.80. The molecule has 1 heterocycles. The number of nitrogens with zero attached hydrogens (tertiary/aromatic N) is 2. The van der Waals surface area contributed by atoms with E-state index in [-0.39, 0.29) is 30.5 Å². The topological polar surface area (TPSA) is 49.9 Å². The monoisotopic (exact) mass is 366 g/mol. The molecule has 1 aliphatic heterocycles. The molecule has 2 aromatic rings. The molecule has 0 radical (unpaired) electrons. The first-order valence-corrected chi connectivity index (χ1v) is 9.32. The van der Waals surface area contributed by atoms with Gasteiger partial charge < -0.3 is 9.64 Å². The Labute approximate surface area is 160 Å². The summed E-state index contributed by atoms with van der Waals surface area (Å²) in [5.41, 5.74) is 2.72. The number of carbonyl (C=O) groups is 2. The third-order valence-electron chi connectivity index (χ3n) is 4.67. The summed E-state index contributed by atoms with van der Waals surface area (Å²) in [7, 11) is 0. The molecule has 1 aliphatic rings. The highest BCUT2D eigenvalue weighted by Crippen LogP contribution is 2.33. The molecule has 27 heavy (non-hydrogen) atoms. The van der Waals surface area contributed by atoms with E-state index in [9.17, 15) is 9.59 Å². The average Bonchev–Trinajstić information content (AvgIpc) is 2.95. The van der Waals surface area contributed by atoms with Gasteiger partial charge in [0.25, 0.3) is 0 Å². The normalized spacial score (nSPS) is 15.6. The zero-order valence-corrected chi connectivity index (χ0v) is 16.3. The van der Waals surface area contributed by atoms with Gasteiger partial charge in [-0.25, -0.2) is 0 Å². The summed E-state index contributed by atoms with van der Waals surface area (Å²) in [6.45, 7) is 7.35. The maximum atomic E-state index is 13.1. The fourth-order valence-corrected chi connectivity index (χ4v) is 3.56. The molecule has 2 aromatic carbocycles. The van der Waals surface area contributed by atoms with E-state index >= 15 is 0 Å². The molecule has 2 amide bonds. The maximum absolute atomic E-state index is 13.1. The Morgan fingerprint density at radius 2 is 1.81 bits per heavy atom. The number of hydrogen-bond donors (Lipinski definition) is 0. The summed E-state index contributed by atoms with van der Waals surface area (Å²) >= 11 is 0. The molecule has 1 atom stereocenters. The second-order valence-electron chi connectivity index (χ2n) is 7.19. The summed E-state index contributed by atoms with van der Waals surface area (Å²) < 4.78 is 5.84. The molecular weight excluding hydrogens is 340 g/mol. The number of anilines is 2. The summed E-state index contributed by atoms with van der Waals surface area (Å²) in [6.07, 6.45) is 0.802. The highest BCUT2D eigenvalue weighted by atomic mass is 16.5. The van der Waals surface area contributed by atoms with Crippen molar-refractivity contribution in [3.05, 3.63) is 54.1 Å². The number of amides is 2. The van der Waals surface area contributed by atoms with Crippen LogP contribution >= 0.6 is 0 Å². The lowest BCUT2D eigenvalue weighted by molar-refractivity contribution is -0.121. The lowest BCUT2D eigenvalue weighted by atomic mass is 10.1. The summed E-state index contributed by atoms with van der Waals surface area (Å²) in [6, 6.07) is 15.4. The Morgan fingerprint density at radius 1 is 1.15 bits per heavy atom. The van der Waals surface area contributed by atoms with Crippen LogP contribution in [0.3, 0.4) is 0 Å². The minimum absolute atomic E-state index is 0.0214. The van der Waals surface area contributed by atoms with Crippen molar-refractivity contribution >= 4 is 23.2 Å². The first kappa shape index (κ1) is 19.0. The van der Waals surface area contributed by atoms with Gasteiger partial charge in [-0.1, -0.05) is 30.3 Å². The van der Waals surface area contributed by atoms with Gasteiger partial charge in [-0.15, -0.1) is 0 Å². The Kier molecular flexibility index (Phi) is 5.49. The van der Waals surface area contributed by atoms with Gasteiger partial charge >= 0.3 is 0 Å². The van der Waals surface area contributed by atoms with E-state index in [1.807, 2.05) is 69.3 Å². The first-order valence-electron chi connectivity index (χ1n) is 9.32. The number of rotatable bonds is 5. The molecule has 3 rings (SSSR count). The number of ether oxygens (including phenoxy) is 1. The quantitative estimate of drug-likeness (QED) is 0.809. The summed E-state index contributed by atoms with van der Waals surface area (Å²) in [5.74, 6) is 0.315. The molecule has 0 saturated carbocycles. The van der Waals surface area contributed by atoms with Crippen molar-refractivity contribution in [1.29, 1.82) is 0 Å². The van der Waals surface area contributed by atoms with Crippen LogP contribution in [-0.2, 0) is 16.0 Å². The molecule has 0 aromatic heterocycles. The van der Waals surface area contributed by atoms with E-state index < -0.39 is 0 Å². The molecule has 0 fully saturated rings. The van der Waals surface area contributed by atoms with Crippen LogP contribution in [0, 0.1) is 0 Å². The van der Waals surface area contributed by atoms with Crippen molar-refractivity contribution in [2.24, 2.45) is 0 Å². The standard InChI is InChI=1S/C22H26N2O3/c1-15(2)27-21-12-8-7-11-20(21)23(17(4)25)14-22(26)24-16(3)13-18-9-5-6-10-19(18)24/h5-12,15-16H,13-14H2,1-4H3. The number of hydrogen-bond acceptors (Lipinski definition) is 3. The maximum Gasteiger partial charge on any atom is 0.247 e. The zero-order valence-electron chi connectivity index (χ0n) is 16.3. The Hall–Kier alpha value is -2.82. The van der Waals surface area contributed by atoms with E-state index in [1.165, 1.54) is 11.8 Å². The zero-order chi connectivity index (χ0) is 19.6. The third kappa shape index (κ3) is 3.97. The number of carbonyl (C=O) groups excluding carboxylic acids is 2. The molecule has 0 aliphatic carbocycles. The number of benzene rings is 2. The minimum Gasteiger partial charge on any atom is -0.489 e. The number of fused-ring (bicyclic) bond motifs is 1. The van der Waals surface area contributed by atoms with Gasteiger partial charge in [-0.2, -0.15) is 0 Å². The van der Waals surface area contributed by atoms with Crippen molar-refractivity contribution < 1.29 is 14.3 Å². The fraction of sp³-hybridized carbons (Fsp3) is 0.364. The van der Waals surface area contributed by atoms with Crippen LogP contribution in [0.1, 0.15) is 33.3 Å². The highest BCUT2D eigenvalue weighted by Gasteiger charge is 2.32. The third-order valence-corrected chi connectivity index (χ3v) is 4.67. The van der Waals surface area contributed by atoms with Crippen molar-refractivity contribution in [3.63, 3.8) is 0 Å². The molecule has 0 bridgehead atoms. The molecular formula is C22H26N2O3. The van der Waals surface area contributed by atoms with Gasteiger partial charge in [0.15, 0.2) is 0 Å². The van der Waals surface area contributed by atoms with Crippen molar-refractivity contribution in [3.8, 4) is 5.75 Å². The van der Waals surface area contributed by atoms with Crippen molar-refractivity contribution in [1.82, 2.24) is 0 Å². The van der Waals surface area contributed by atoms with Crippen LogP contribution < -0.4 is 14.5 Å². The van der Waals surface area contributed by atoms with Crippen LogP contribution in [0.2, 0.25) is 0 Å². The Morgan fingerprint density at radius 3 is 2.52 bits per heavy atom. The minimum atomic E-state index is -0.191. The lowest BCUT2D eigenvalue weighted by Gasteiger charge is -2.28. The van der Waals surface area contributed by atoms with Crippen LogP contribution in [0.4, 0.5) is 11.4 Å². The highest BCUT2D eigenvalue weighted by molar-refractivity contribution is 6.04. The van der Waals surface area contributed by atoms with Gasteiger partial charge in [0.2, 0.25) is 11.8 Å². The Bertz CT molecular complexity index is 847. The van der Waals surface area contributed by atoms with Crippen molar-refractivity contribution in [2.75, 3.05) is 16.3 Å². The molecule has 0 saturated heterocycles. The molecule has 142 valence electrons. The smallest absolute Gasteiger partial charge is 0.247 e. The van der Waals surface area contributed by atoms with Crippen molar-refractivity contribution in [2.45, 2.75) is 46.3 Å². The molecule has 0 N–H and O–H groups in total. The van der Waals surface area contributed by atoms with Crippen LogP contribution in [0.15, 0.2) is 48.5 Å². The second kappa shape index (κ2) is 7.82. The van der Waals surface area contributed by atoms with E-state index in [4.69, 9.17) is 4.74 Å². The van der Waals surface area contributed by atoms with Gasteiger partial charge in [0, 0.05) is 18.7 Å². The van der Waals surface area contributed by atoms with Crippen LogP contribution in [0.25, 0.3) is 0 Å². The second-order valence-corrected chi connectivity index (χ2v) is 7.19. The van der Waals surface area contributed by atoms with Crippen LogP contribution in [0.5, 0.6) is 5.75 Å². The van der Waals surface area contributed by atoms with Gasteiger partial charge in [-0.05, 0) is 51.0 Å². The Balaban J connectivity index is 1.88. The van der Waals surface area contributed by atoms with E-state index in [0.717, 1.165) is 17.7 Å². The molecule has 5 heteroatoms. The predicted molar refractivity (Wildman–Crippen MR) is 107 cm³/mol. The summed E-state index contributed by atoms with van der Waals surface area (Å²) in [4.78, 5) is 28.8.